The van der Waals surface area contributed by atoms with Gasteiger partial charge in [0.1, 0.15) is 0 Å². The molecule has 1 N–H and O–H groups in total. The molecule has 0 amide bonds. The largest absolute Gasteiger partial charge is 0.383 e. The van der Waals surface area contributed by atoms with E-state index in [0.29, 0.717) is 12.5 Å². The Morgan fingerprint density at radius 3 is 2.50 bits per heavy atom. The maximum atomic E-state index is 5.98. The fourth-order valence-electron chi connectivity index (χ4n) is 2.74. The Morgan fingerprint density at radius 2 is 1.75 bits per heavy atom. The minimum atomic E-state index is 0.451. The van der Waals surface area contributed by atoms with E-state index in [0.717, 1.165) is 32.7 Å². The maximum Gasteiger partial charge on any atom is 0.0717 e. The highest BCUT2D eigenvalue weighted by Gasteiger charge is 2.11. The van der Waals surface area contributed by atoms with E-state index in [1.54, 1.807) is 7.11 Å². The van der Waals surface area contributed by atoms with Crippen LogP contribution in [0, 0.1) is 12.8 Å². The summed E-state index contributed by atoms with van der Waals surface area (Å²) in [5.74, 6) is 0.451. The highest BCUT2D eigenvalue weighted by Crippen LogP contribution is 2.14. The molecule has 0 aliphatic heterocycles. The molecule has 0 fully saturated rings. The second-order valence-corrected chi connectivity index (χ2v) is 6.19. The molecule has 0 spiro atoms. The van der Waals surface area contributed by atoms with Crippen LogP contribution in [0.1, 0.15) is 16.7 Å². The van der Waals surface area contributed by atoms with Crippen LogP contribution in [0.5, 0.6) is 0 Å². The molecule has 0 bridgehead atoms. The molecule has 0 radical (unpaired) electrons. The first-order valence-electron chi connectivity index (χ1n) is 8.65. The Morgan fingerprint density at radius 1 is 1.00 bits per heavy atom. The van der Waals surface area contributed by atoms with Crippen LogP contribution in [-0.4, -0.2) is 33.4 Å². The SMILES string of the molecule is COCCNCC(COCc1ccccc1)Cc1ccccc1C. The average molecular weight is 327 g/mol. The maximum absolute atomic E-state index is 5.98. The lowest BCUT2D eigenvalue weighted by atomic mass is 9.96. The van der Waals surface area contributed by atoms with E-state index in [9.17, 15) is 0 Å². The van der Waals surface area contributed by atoms with Crippen LogP contribution in [0.15, 0.2) is 54.6 Å². The Hall–Kier alpha value is -1.68. The molecule has 1 atom stereocenters. The van der Waals surface area contributed by atoms with Crippen molar-refractivity contribution in [1.29, 1.82) is 0 Å². The van der Waals surface area contributed by atoms with Gasteiger partial charge in [-0.25, -0.2) is 0 Å². The molecule has 130 valence electrons. The molecule has 0 saturated heterocycles. The van der Waals surface area contributed by atoms with E-state index in [4.69, 9.17) is 9.47 Å². The van der Waals surface area contributed by atoms with Crippen LogP contribution >= 0.6 is 0 Å². The minimum Gasteiger partial charge on any atom is -0.383 e. The van der Waals surface area contributed by atoms with Gasteiger partial charge >= 0.3 is 0 Å². The number of benzene rings is 2. The van der Waals surface area contributed by atoms with Crippen molar-refractivity contribution < 1.29 is 9.47 Å². The zero-order valence-corrected chi connectivity index (χ0v) is 14.8. The van der Waals surface area contributed by atoms with Crippen molar-refractivity contribution in [3.8, 4) is 0 Å². The van der Waals surface area contributed by atoms with Crippen LogP contribution in [0.2, 0.25) is 0 Å². The molecule has 2 aromatic carbocycles. The second-order valence-electron chi connectivity index (χ2n) is 6.19. The standard InChI is InChI=1S/C21H29NO2/c1-18-8-6-7-11-21(18)14-20(15-22-12-13-23-2)17-24-16-19-9-4-3-5-10-19/h3-11,20,22H,12-17H2,1-2H3. The predicted molar refractivity (Wildman–Crippen MR) is 99.2 cm³/mol. The van der Waals surface area contributed by atoms with E-state index < -0.39 is 0 Å². The molecular formula is C21H29NO2. The highest BCUT2D eigenvalue weighted by atomic mass is 16.5. The van der Waals surface area contributed by atoms with Gasteiger partial charge in [-0.2, -0.15) is 0 Å². The van der Waals surface area contributed by atoms with Gasteiger partial charge in [-0.05, 0) is 36.0 Å². The Bertz CT molecular complexity index is 571. The fourth-order valence-corrected chi connectivity index (χ4v) is 2.74. The molecule has 3 nitrogen and oxygen atoms in total. The number of rotatable bonds is 11. The van der Waals surface area contributed by atoms with Crippen LogP contribution in [-0.2, 0) is 22.5 Å². The smallest absolute Gasteiger partial charge is 0.0717 e. The third-order valence-corrected chi connectivity index (χ3v) is 4.15. The average Bonchev–Trinajstić information content (AvgIpc) is 2.61. The second kappa shape index (κ2) is 11.0. The molecule has 0 saturated carbocycles. The van der Waals surface area contributed by atoms with Crippen LogP contribution < -0.4 is 5.32 Å². The summed E-state index contributed by atoms with van der Waals surface area (Å²) in [5.41, 5.74) is 3.97. The Labute approximate surface area is 146 Å². The zero-order chi connectivity index (χ0) is 17.0. The molecule has 0 heterocycles. The Kier molecular flexibility index (Phi) is 8.53. The van der Waals surface area contributed by atoms with Crippen molar-refractivity contribution in [2.75, 3.05) is 33.4 Å². The molecule has 0 aliphatic rings. The van der Waals surface area contributed by atoms with Crippen LogP contribution in [0.25, 0.3) is 0 Å². The third-order valence-electron chi connectivity index (χ3n) is 4.15. The monoisotopic (exact) mass is 327 g/mol. The minimum absolute atomic E-state index is 0.451. The summed E-state index contributed by atoms with van der Waals surface area (Å²) in [6, 6.07) is 18.9. The van der Waals surface area contributed by atoms with E-state index >= 15 is 0 Å². The first-order valence-corrected chi connectivity index (χ1v) is 8.65. The summed E-state index contributed by atoms with van der Waals surface area (Å²) in [7, 11) is 1.73. The summed E-state index contributed by atoms with van der Waals surface area (Å²) in [6.45, 7) is 6.15. The highest BCUT2D eigenvalue weighted by molar-refractivity contribution is 5.26. The van der Waals surface area contributed by atoms with Gasteiger partial charge in [0.25, 0.3) is 0 Å². The zero-order valence-electron chi connectivity index (χ0n) is 14.8. The molecular weight excluding hydrogens is 298 g/mol. The van der Waals surface area contributed by atoms with Crippen LogP contribution in [0.3, 0.4) is 0 Å². The van der Waals surface area contributed by atoms with Gasteiger partial charge < -0.3 is 14.8 Å². The molecule has 0 aromatic heterocycles. The van der Waals surface area contributed by atoms with E-state index in [-0.39, 0.29) is 0 Å². The van der Waals surface area contributed by atoms with E-state index in [2.05, 4.69) is 60.8 Å². The predicted octanol–water partition coefficient (Wildman–Crippen LogP) is 3.61. The lowest BCUT2D eigenvalue weighted by molar-refractivity contribution is 0.0856. The van der Waals surface area contributed by atoms with Crippen molar-refractivity contribution in [2.45, 2.75) is 20.0 Å². The van der Waals surface area contributed by atoms with Gasteiger partial charge in [0, 0.05) is 20.2 Å². The summed E-state index contributed by atoms with van der Waals surface area (Å²) in [5, 5.41) is 3.47. The van der Waals surface area contributed by atoms with Crippen molar-refractivity contribution in [1.82, 2.24) is 5.32 Å². The Balaban J connectivity index is 1.85. The van der Waals surface area contributed by atoms with Gasteiger partial charge in [0.2, 0.25) is 0 Å². The van der Waals surface area contributed by atoms with Gasteiger partial charge in [-0.1, -0.05) is 54.6 Å². The van der Waals surface area contributed by atoms with Gasteiger partial charge in [0.15, 0.2) is 0 Å². The number of nitrogens with one attached hydrogen (secondary N) is 1. The quantitative estimate of drug-likeness (QED) is 0.640. The molecule has 1 unspecified atom stereocenters. The van der Waals surface area contributed by atoms with Crippen molar-refractivity contribution in [2.24, 2.45) is 5.92 Å². The summed E-state index contributed by atoms with van der Waals surface area (Å²) in [4.78, 5) is 0. The molecule has 3 heteroatoms. The number of aryl methyl sites for hydroxylation is 1. The van der Waals surface area contributed by atoms with Gasteiger partial charge in [-0.15, -0.1) is 0 Å². The molecule has 0 aliphatic carbocycles. The van der Waals surface area contributed by atoms with E-state index in [1.165, 1.54) is 16.7 Å². The molecule has 2 rings (SSSR count). The summed E-state index contributed by atoms with van der Waals surface area (Å²) >= 11 is 0. The third kappa shape index (κ3) is 6.83. The number of methoxy groups -OCH3 is 1. The molecule has 2 aromatic rings. The van der Waals surface area contributed by atoms with Crippen LogP contribution in [0.4, 0.5) is 0 Å². The van der Waals surface area contributed by atoms with Gasteiger partial charge in [0.05, 0.1) is 19.8 Å². The fraction of sp³-hybridized carbons (Fsp3) is 0.429. The number of hydrogen-bond acceptors (Lipinski definition) is 3. The summed E-state index contributed by atoms with van der Waals surface area (Å²) in [6.07, 6.45) is 1.03. The molecule has 24 heavy (non-hydrogen) atoms. The normalized spacial score (nSPS) is 12.2. The first kappa shape index (κ1) is 18.7. The topological polar surface area (TPSA) is 30.5 Å². The van der Waals surface area contributed by atoms with E-state index in [1.807, 2.05) is 6.07 Å². The number of ether oxygens (including phenoxy) is 2. The number of hydrogen-bond donors (Lipinski definition) is 1. The van der Waals surface area contributed by atoms with Crippen molar-refractivity contribution >= 4 is 0 Å². The lowest BCUT2D eigenvalue weighted by Gasteiger charge is -2.19. The van der Waals surface area contributed by atoms with Gasteiger partial charge in [-0.3, -0.25) is 0 Å². The summed E-state index contributed by atoms with van der Waals surface area (Å²) < 4.78 is 11.1. The van der Waals surface area contributed by atoms with Crippen molar-refractivity contribution in [3.63, 3.8) is 0 Å². The van der Waals surface area contributed by atoms with Crippen molar-refractivity contribution in [3.05, 3.63) is 71.3 Å². The lowest BCUT2D eigenvalue weighted by Crippen LogP contribution is -2.30. The first-order chi connectivity index (χ1) is 11.8.